The van der Waals surface area contributed by atoms with Crippen molar-refractivity contribution in [2.45, 2.75) is 76.2 Å². The molecule has 2 aromatic heterocycles. The largest absolute Gasteiger partial charge is 0.427 e. The van der Waals surface area contributed by atoms with E-state index in [-0.39, 0.29) is 116 Å². The number of carbonyl (C=O) groups excluding carboxylic acids is 1. The number of ketones is 1. The van der Waals surface area contributed by atoms with Crippen LogP contribution in [0.15, 0.2) is 10.7 Å². The first kappa shape index (κ1) is 42.7. The van der Waals surface area contributed by atoms with E-state index in [4.69, 9.17) is 11.1 Å². The topological polar surface area (TPSA) is 131 Å². The van der Waals surface area contributed by atoms with E-state index in [1.165, 1.54) is 6.92 Å². The van der Waals surface area contributed by atoms with Gasteiger partial charge in [0.15, 0.2) is 11.6 Å². The number of amidine groups is 1. The first-order valence-corrected chi connectivity index (χ1v) is 10.4. The van der Waals surface area contributed by atoms with Crippen molar-refractivity contribution in [2.24, 2.45) is 16.6 Å². The van der Waals surface area contributed by atoms with Crippen LogP contribution < -0.4 is 5.73 Å². The number of rotatable bonds is 3. The number of hydrogen-bond acceptors (Lipinski definition) is 7. The Morgan fingerprint density at radius 2 is 1.28 bits per heavy atom. The summed E-state index contributed by atoms with van der Waals surface area (Å²) in [4.78, 5) is 32.8. The molecule has 1 aliphatic rings. The van der Waals surface area contributed by atoms with E-state index >= 15 is 0 Å². The minimum absolute atomic E-state index is 0. The monoisotopic (exact) mass is 761 g/mol. The molecule has 0 spiro atoms. The SMILES string of the molecule is C.CC(=N)N.CC1=NC(C)=C(c2nc(C)[c-]c(C)n2)C1.Cc1[c-]c(C)nc(C(=O)C(C)C)n1.I.[3HH].[Y].[Y]. The zero-order valence-corrected chi connectivity index (χ0v) is 30.1. The zero-order valence-electron chi connectivity index (χ0n) is 22.1. The number of allylic oxidation sites excluding steroid dienone is 2. The quantitative estimate of drug-likeness (QED) is 0.137. The third-order valence-corrected chi connectivity index (χ3v) is 4.06. The summed E-state index contributed by atoms with van der Waals surface area (Å²) in [5.74, 6) is 1.21. The Bertz CT molecular complexity index is 1030. The van der Waals surface area contributed by atoms with Gasteiger partial charge < -0.3 is 17.9 Å². The third-order valence-electron chi connectivity index (χ3n) is 4.06. The normalized spacial score (nSPS) is 11.1. The van der Waals surface area contributed by atoms with Crippen molar-refractivity contribution in [2.75, 3.05) is 0 Å². The second-order valence-corrected chi connectivity index (χ2v) is 7.98. The van der Waals surface area contributed by atoms with Crippen LogP contribution in [0.1, 0.15) is 89.1 Å². The molecule has 3 N–H and O–H groups in total. The van der Waals surface area contributed by atoms with Gasteiger partial charge >= 0.3 is 0 Å². The maximum absolute atomic E-state index is 11.5. The van der Waals surface area contributed by atoms with E-state index < -0.39 is 0 Å². The van der Waals surface area contributed by atoms with E-state index in [2.05, 4.69) is 37.1 Å². The van der Waals surface area contributed by atoms with Gasteiger partial charge in [-0.1, -0.05) is 49.0 Å². The van der Waals surface area contributed by atoms with Crippen molar-refractivity contribution < 1.29 is 71.6 Å². The van der Waals surface area contributed by atoms with Crippen LogP contribution in [-0.4, -0.2) is 37.3 Å². The Morgan fingerprint density at radius 1 is 0.917 bits per heavy atom. The molecule has 36 heavy (non-hydrogen) atoms. The number of nitrogens with zero attached hydrogens (tertiary/aromatic N) is 5. The Labute approximate surface area is 285 Å². The molecular formula is C25H40IN7OY2-2. The molecular weight excluding hydrogens is 719 g/mol. The van der Waals surface area contributed by atoms with Gasteiger partial charge in [0.1, 0.15) is 0 Å². The van der Waals surface area contributed by atoms with Crippen molar-refractivity contribution in [3.63, 3.8) is 0 Å². The molecule has 8 nitrogen and oxygen atoms in total. The van der Waals surface area contributed by atoms with Gasteiger partial charge in [0.05, 0.1) is 5.84 Å². The minimum atomic E-state index is -0.0544. The standard InChI is InChI=1S/C12H14N3.C10H13N2O.C2H6N2.CH4.HI.2Y.H2/c1-7-5-8(2)15-12(14-7)11-6-9(3)13-10(11)4;1-6(2)9(13)10-11-7(3)5-8(4)12-10;1-2(3)4;;;;;/h6H2,1-4H3;6H,1-4H3;1H3,(H3,3,4);1H4;1H;;;1H/q2*-1;;;;;;/i;;;;;;;1+2. The van der Waals surface area contributed by atoms with Crippen LogP contribution in [-0.2, 0) is 65.4 Å². The summed E-state index contributed by atoms with van der Waals surface area (Å²) in [6, 6.07) is 6.01. The van der Waals surface area contributed by atoms with Crippen LogP contribution in [0.25, 0.3) is 5.57 Å². The average molecular weight is 761 g/mol. The molecule has 0 saturated carbocycles. The molecule has 0 saturated heterocycles. The van der Waals surface area contributed by atoms with Crippen molar-refractivity contribution >= 4 is 46.9 Å². The van der Waals surface area contributed by atoms with Crippen LogP contribution in [0, 0.1) is 51.2 Å². The predicted molar refractivity (Wildman–Crippen MR) is 152 cm³/mol. The van der Waals surface area contributed by atoms with Crippen LogP contribution in [0.5, 0.6) is 0 Å². The molecule has 11 heteroatoms. The van der Waals surface area contributed by atoms with Gasteiger partial charge in [-0.15, -0.1) is 46.8 Å². The van der Waals surface area contributed by atoms with Crippen molar-refractivity contribution in [3.8, 4) is 0 Å². The molecule has 3 heterocycles. The summed E-state index contributed by atoms with van der Waals surface area (Å²) in [5, 5.41) is 6.28. The number of carbonyl (C=O) groups is 1. The zero-order chi connectivity index (χ0) is 24.6. The van der Waals surface area contributed by atoms with E-state index in [9.17, 15) is 4.79 Å². The molecule has 2 aromatic rings. The van der Waals surface area contributed by atoms with Crippen LogP contribution in [0.3, 0.4) is 0 Å². The molecule has 0 fully saturated rings. The van der Waals surface area contributed by atoms with Gasteiger partial charge in [0.25, 0.3) is 0 Å². The summed E-state index contributed by atoms with van der Waals surface area (Å²) in [7, 11) is 0. The number of hydrogen-bond donors (Lipinski definition) is 2. The molecule has 3 rings (SSSR count). The number of aliphatic imine (C=N–C) groups is 1. The predicted octanol–water partition coefficient (Wildman–Crippen LogP) is 5.66. The summed E-state index contributed by atoms with van der Waals surface area (Å²) >= 11 is 0. The minimum Gasteiger partial charge on any atom is -0.427 e. The van der Waals surface area contributed by atoms with E-state index in [0.717, 1.165) is 52.0 Å². The fraction of sp³-hybridized carbons (Fsp3) is 0.480. The summed E-state index contributed by atoms with van der Waals surface area (Å²) in [6.07, 6.45) is 0.870. The number of halogens is 1. The average Bonchev–Trinajstić information content (AvgIpc) is 2.97. The van der Waals surface area contributed by atoms with Gasteiger partial charge in [-0.05, 0) is 20.8 Å². The number of Topliss-reactive ketones (excluding diaryl/α,β-unsaturated/α-hetero) is 1. The molecule has 2 radical (unpaired) electrons. The maximum atomic E-state index is 11.5. The van der Waals surface area contributed by atoms with Gasteiger partial charge in [0, 0.05) is 96.2 Å². The van der Waals surface area contributed by atoms with Crippen molar-refractivity contribution in [3.05, 3.63) is 52.3 Å². The molecule has 0 atom stereocenters. The number of nitrogens with one attached hydrogen (secondary N) is 1. The van der Waals surface area contributed by atoms with Crippen molar-refractivity contribution in [1.82, 2.24) is 19.9 Å². The summed E-state index contributed by atoms with van der Waals surface area (Å²) in [5.41, 5.74) is 11.2. The molecule has 0 amide bonds. The Morgan fingerprint density at radius 3 is 1.58 bits per heavy atom. The number of nitrogens with two attached hydrogens (primary N) is 1. The first-order chi connectivity index (χ1) is 14.8. The van der Waals surface area contributed by atoms with Crippen LogP contribution in [0.2, 0.25) is 0 Å². The smallest absolute Gasteiger partial charge is 0.202 e. The molecule has 1 aliphatic heterocycles. The number of aryl methyl sites for hydroxylation is 4. The fourth-order valence-corrected chi connectivity index (χ4v) is 2.84. The summed E-state index contributed by atoms with van der Waals surface area (Å²) < 4.78 is 0. The second-order valence-electron chi connectivity index (χ2n) is 7.98. The third kappa shape index (κ3) is 15.8. The Hall–Kier alpha value is -0.352. The molecule has 0 unspecified atom stereocenters. The summed E-state index contributed by atoms with van der Waals surface area (Å²) in [6.45, 7) is 16.8. The Kier molecular flexibility index (Phi) is 24.4. The van der Waals surface area contributed by atoms with E-state index in [0.29, 0.717) is 5.82 Å². The fourth-order valence-electron chi connectivity index (χ4n) is 2.84. The van der Waals surface area contributed by atoms with E-state index in [1.807, 2.05) is 55.4 Å². The molecule has 0 aromatic carbocycles. The first-order valence-electron chi connectivity index (χ1n) is 10.4. The van der Waals surface area contributed by atoms with E-state index in [1.54, 1.807) is 0 Å². The van der Waals surface area contributed by atoms with Gasteiger partial charge in [-0.2, -0.15) is 0 Å². The van der Waals surface area contributed by atoms with Gasteiger partial charge in [0.2, 0.25) is 5.78 Å². The van der Waals surface area contributed by atoms with Crippen LogP contribution in [0.4, 0.5) is 0 Å². The van der Waals surface area contributed by atoms with Crippen molar-refractivity contribution in [1.29, 1.82) is 5.41 Å². The number of aromatic nitrogens is 4. The van der Waals surface area contributed by atoms with Gasteiger partial charge in [-0.3, -0.25) is 35.1 Å². The molecule has 0 aliphatic carbocycles. The Balaban J connectivity index is -0.000000145. The molecule has 196 valence electrons. The van der Waals surface area contributed by atoms with Crippen LogP contribution >= 0.6 is 24.0 Å². The second kappa shape index (κ2) is 20.6. The van der Waals surface area contributed by atoms with Gasteiger partial charge in [-0.25, -0.2) is 0 Å². The maximum Gasteiger partial charge on any atom is 0.202 e. The molecule has 0 bridgehead atoms.